The van der Waals surface area contributed by atoms with Crippen molar-refractivity contribution >= 4 is 19.9 Å². The number of hydrogen-bond acceptors (Lipinski definition) is 3. The summed E-state index contributed by atoms with van der Waals surface area (Å²) in [6.07, 6.45) is 4.99. The first kappa shape index (κ1) is 18.4. The molecule has 1 aliphatic heterocycles. The first-order chi connectivity index (χ1) is 11.1. The molecule has 3 rings (SSSR count). The highest BCUT2D eigenvalue weighted by Gasteiger charge is 2.48. The molecule has 0 bridgehead atoms. The molecule has 0 atom stereocenters. The summed E-state index contributed by atoms with van der Waals surface area (Å²) in [6, 6.07) is 4.14. The molecule has 0 N–H and O–H groups in total. The Balaban J connectivity index is 1.74. The van der Waals surface area contributed by atoms with E-state index >= 15 is 0 Å². The molecule has 5 heteroatoms. The maximum Gasteiger partial charge on any atom is 0.192 e. The van der Waals surface area contributed by atoms with Crippen LogP contribution < -0.4 is 0 Å². The lowest BCUT2D eigenvalue weighted by atomic mass is 9.76. The van der Waals surface area contributed by atoms with Crippen LogP contribution in [0.15, 0.2) is 12.1 Å². The van der Waals surface area contributed by atoms with E-state index < -0.39 is 8.32 Å². The van der Waals surface area contributed by atoms with Gasteiger partial charge in [-0.1, -0.05) is 38.4 Å². The third kappa shape index (κ3) is 3.07. The van der Waals surface area contributed by atoms with E-state index in [1.54, 1.807) is 0 Å². The Morgan fingerprint density at radius 1 is 1.25 bits per heavy atom. The third-order valence-electron chi connectivity index (χ3n) is 6.59. The fourth-order valence-electron chi connectivity index (χ4n) is 4.03. The van der Waals surface area contributed by atoms with Crippen LogP contribution >= 0.6 is 11.6 Å². The standard InChI is InChI=1S/C19H31ClN2OSi/c1-18(2,3)24(5,6)23-14-9-11-19(12-10-14)15-7-8-17(20)21-16(15)13-22(19)4/h7-8,14H,9-13H2,1-6H3. The van der Waals surface area contributed by atoms with Crippen molar-refractivity contribution in [2.45, 2.75) is 82.8 Å². The highest BCUT2D eigenvalue weighted by Crippen LogP contribution is 2.49. The summed E-state index contributed by atoms with van der Waals surface area (Å²) in [5, 5.41) is 0.883. The van der Waals surface area contributed by atoms with E-state index in [2.05, 4.69) is 56.9 Å². The lowest BCUT2D eigenvalue weighted by Crippen LogP contribution is -2.48. The average Bonchev–Trinajstić information content (AvgIpc) is 2.72. The maximum atomic E-state index is 6.67. The molecule has 1 aromatic rings. The Hall–Kier alpha value is -0.423. The molecular weight excluding hydrogens is 336 g/mol. The van der Waals surface area contributed by atoms with Gasteiger partial charge in [-0.2, -0.15) is 0 Å². The highest BCUT2D eigenvalue weighted by atomic mass is 35.5. The van der Waals surface area contributed by atoms with Gasteiger partial charge in [-0.3, -0.25) is 4.90 Å². The van der Waals surface area contributed by atoms with Gasteiger partial charge in [0.1, 0.15) is 5.15 Å². The van der Waals surface area contributed by atoms with Crippen molar-refractivity contribution in [3.63, 3.8) is 0 Å². The minimum absolute atomic E-state index is 0.139. The average molecular weight is 367 g/mol. The second-order valence-corrected chi connectivity index (χ2v) is 14.2. The Kier molecular flexibility index (Phi) is 4.65. The second kappa shape index (κ2) is 6.08. The van der Waals surface area contributed by atoms with Crippen LogP contribution in [0.2, 0.25) is 23.3 Å². The molecule has 1 spiro atoms. The largest absolute Gasteiger partial charge is 0.414 e. The predicted octanol–water partition coefficient (Wildman–Crippen LogP) is 5.34. The van der Waals surface area contributed by atoms with Gasteiger partial charge in [-0.25, -0.2) is 4.98 Å². The number of fused-ring (bicyclic) bond motifs is 2. The molecule has 1 aromatic heterocycles. The van der Waals surface area contributed by atoms with E-state index in [9.17, 15) is 0 Å². The molecule has 2 heterocycles. The van der Waals surface area contributed by atoms with Gasteiger partial charge in [0.15, 0.2) is 8.32 Å². The second-order valence-electron chi connectivity index (χ2n) is 9.09. The Morgan fingerprint density at radius 2 is 1.88 bits per heavy atom. The summed E-state index contributed by atoms with van der Waals surface area (Å²) >= 11 is 6.09. The lowest BCUT2D eigenvalue weighted by Gasteiger charge is -2.46. The third-order valence-corrected chi connectivity index (χ3v) is 11.3. The summed E-state index contributed by atoms with van der Waals surface area (Å²) in [7, 11) is 0.544. The van der Waals surface area contributed by atoms with Crippen molar-refractivity contribution in [1.82, 2.24) is 9.88 Å². The molecule has 0 unspecified atom stereocenters. The molecule has 3 nitrogen and oxygen atoms in total. The lowest BCUT2D eigenvalue weighted by molar-refractivity contribution is 0.0317. The topological polar surface area (TPSA) is 25.4 Å². The van der Waals surface area contributed by atoms with E-state index in [0.717, 1.165) is 37.9 Å². The first-order valence-electron chi connectivity index (χ1n) is 9.10. The van der Waals surface area contributed by atoms with Crippen LogP contribution in [-0.4, -0.2) is 31.4 Å². The summed E-state index contributed by atoms with van der Waals surface area (Å²) < 4.78 is 6.67. The van der Waals surface area contributed by atoms with Crippen LogP contribution in [0.3, 0.4) is 0 Å². The Labute approximate surface area is 152 Å². The van der Waals surface area contributed by atoms with Gasteiger partial charge in [0.2, 0.25) is 0 Å². The summed E-state index contributed by atoms with van der Waals surface area (Å²) in [4.78, 5) is 7.04. The van der Waals surface area contributed by atoms with Crippen LogP contribution in [0.5, 0.6) is 0 Å². The maximum absolute atomic E-state index is 6.67. The minimum Gasteiger partial charge on any atom is -0.414 e. The summed E-state index contributed by atoms with van der Waals surface area (Å²) in [5.74, 6) is 0. The smallest absolute Gasteiger partial charge is 0.192 e. The van der Waals surface area contributed by atoms with Crippen LogP contribution in [-0.2, 0) is 16.5 Å². The Bertz CT molecular complexity index is 618. The van der Waals surface area contributed by atoms with E-state index in [0.29, 0.717) is 11.3 Å². The van der Waals surface area contributed by atoms with E-state index in [1.165, 1.54) is 5.56 Å². The van der Waals surface area contributed by atoms with Crippen LogP contribution in [0, 0.1) is 0 Å². The molecule has 24 heavy (non-hydrogen) atoms. The fraction of sp³-hybridized carbons (Fsp3) is 0.737. The van der Waals surface area contributed by atoms with E-state index in [1.807, 2.05) is 6.07 Å². The van der Waals surface area contributed by atoms with Crippen molar-refractivity contribution < 1.29 is 4.43 Å². The van der Waals surface area contributed by atoms with Gasteiger partial charge in [-0.15, -0.1) is 0 Å². The molecule has 1 aliphatic carbocycles. The molecule has 0 saturated heterocycles. The first-order valence-corrected chi connectivity index (χ1v) is 12.4. The number of nitrogens with zero attached hydrogens (tertiary/aromatic N) is 2. The zero-order valence-corrected chi connectivity index (χ0v) is 17.7. The highest BCUT2D eigenvalue weighted by molar-refractivity contribution is 6.74. The van der Waals surface area contributed by atoms with Crippen molar-refractivity contribution in [2.75, 3.05) is 7.05 Å². The monoisotopic (exact) mass is 366 g/mol. The van der Waals surface area contributed by atoms with Gasteiger partial charge in [0.05, 0.1) is 5.69 Å². The normalized spacial score (nSPS) is 28.4. The minimum atomic E-state index is -1.68. The van der Waals surface area contributed by atoms with Gasteiger partial charge in [0, 0.05) is 18.2 Å². The van der Waals surface area contributed by atoms with E-state index in [4.69, 9.17) is 16.0 Å². The molecule has 2 aliphatic rings. The zero-order valence-electron chi connectivity index (χ0n) is 15.9. The fourth-order valence-corrected chi connectivity index (χ4v) is 5.62. The van der Waals surface area contributed by atoms with Gasteiger partial charge in [-0.05, 0) is 62.5 Å². The summed E-state index contributed by atoms with van der Waals surface area (Å²) in [6.45, 7) is 12.6. The molecule has 134 valence electrons. The van der Waals surface area contributed by atoms with Crippen molar-refractivity contribution in [1.29, 1.82) is 0 Å². The molecule has 0 aromatic carbocycles. The molecule has 1 fully saturated rings. The van der Waals surface area contributed by atoms with Gasteiger partial charge < -0.3 is 4.43 Å². The number of aromatic nitrogens is 1. The van der Waals surface area contributed by atoms with Crippen LogP contribution in [0.25, 0.3) is 0 Å². The summed E-state index contributed by atoms with van der Waals surface area (Å²) in [5.41, 5.74) is 2.69. The van der Waals surface area contributed by atoms with Gasteiger partial charge in [0.25, 0.3) is 0 Å². The quantitative estimate of drug-likeness (QED) is 0.521. The number of rotatable bonds is 2. The van der Waals surface area contributed by atoms with Crippen molar-refractivity contribution in [3.05, 3.63) is 28.5 Å². The van der Waals surface area contributed by atoms with Gasteiger partial charge >= 0.3 is 0 Å². The van der Waals surface area contributed by atoms with Crippen molar-refractivity contribution in [2.24, 2.45) is 0 Å². The van der Waals surface area contributed by atoms with Crippen LogP contribution in [0.4, 0.5) is 0 Å². The molecule has 0 amide bonds. The zero-order chi connectivity index (χ0) is 17.8. The van der Waals surface area contributed by atoms with E-state index in [-0.39, 0.29) is 10.6 Å². The predicted molar refractivity (Wildman–Crippen MR) is 103 cm³/mol. The van der Waals surface area contributed by atoms with Crippen molar-refractivity contribution in [3.8, 4) is 0 Å². The molecule has 0 radical (unpaired) electrons. The SMILES string of the molecule is CN1Cc2nc(Cl)ccc2C12CCC(O[Si](C)(C)C(C)(C)C)CC2. The van der Waals surface area contributed by atoms with Crippen LogP contribution in [0.1, 0.15) is 57.7 Å². The number of pyridine rings is 1. The number of hydrogen-bond donors (Lipinski definition) is 0. The Morgan fingerprint density at radius 3 is 2.46 bits per heavy atom. The number of halogens is 1. The molecular formula is C19H31ClN2OSi. The molecule has 1 saturated carbocycles.